The number of ether oxygens (including phenoxy) is 2. The van der Waals surface area contributed by atoms with Crippen LogP contribution in [0.15, 0.2) is 24.3 Å². The first-order valence-corrected chi connectivity index (χ1v) is 35.3. The van der Waals surface area contributed by atoms with Crippen LogP contribution in [-0.2, 0) is 32.7 Å². The zero-order chi connectivity index (χ0) is 55.9. The highest BCUT2D eigenvalue weighted by atomic mass is 31.2. The van der Waals surface area contributed by atoms with Crippen LogP contribution < -0.4 is 5.73 Å². The number of carbonyl (C=O) groups is 2. The zero-order valence-corrected chi connectivity index (χ0v) is 52.1. The van der Waals surface area contributed by atoms with E-state index in [1.807, 2.05) is 0 Å². The van der Waals surface area contributed by atoms with Gasteiger partial charge < -0.3 is 20.1 Å². The summed E-state index contributed by atoms with van der Waals surface area (Å²) >= 11 is 0. The van der Waals surface area contributed by atoms with Crippen molar-refractivity contribution in [1.29, 1.82) is 0 Å². The van der Waals surface area contributed by atoms with Crippen molar-refractivity contribution in [3.05, 3.63) is 24.3 Å². The Balaban J connectivity index is 3.77. The fourth-order valence-electron chi connectivity index (χ4n) is 10.3. The molecular weight excluding hydrogens is 978 g/mol. The molecule has 9 nitrogen and oxygen atoms in total. The second-order valence-electron chi connectivity index (χ2n) is 23.1. The summed E-state index contributed by atoms with van der Waals surface area (Å²) in [6, 6.07) is 0. The van der Waals surface area contributed by atoms with Gasteiger partial charge in [-0.05, 0) is 44.9 Å². The van der Waals surface area contributed by atoms with E-state index in [-0.39, 0.29) is 38.6 Å². The lowest BCUT2D eigenvalue weighted by Crippen LogP contribution is -2.29. The Bertz CT molecular complexity index is 1310. The second kappa shape index (κ2) is 63.7. The van der Waals surface area contributed by atoms with Gasteiger partial charge in [-0.2, -0.15) is 0 Å². The van der Waals surface area contributed by atoms with Crippen LogP contribution >= 0.6 is 7.82 Å². The van der Waals surface area contributed by atoms with Crippen molar-refractivity contribution in [1.82, 2.24) is 0 Å². The van der Waals surface area contributed by atoms with Crippen molar-refractivity contribution >= 4 is 19.8 Å². The lowest BCUT2D eigenvalue weighted by molar-refractivity contribution is -0.161. The Morgan fingerprint density at radius 1 is 0.390 bits per heavy atom. The normalized spacial score (nSPS) is 13.0. The van der Waals surface area contributed by atoms with E-state index < -0.39 is 26.5 Å². The Morgan fingerprint density at radius 2 is 0.675 bits per heavy atom. The quantitative estimate of drug-likeness (QED) is 0.0264. The minimum absolute atomic E-state index is 0.0574. The van der Waals surface area contributed by atoms with Gasteiger partial charge in [0.1, 0.15) is 6.61 Å². The highest BCUT2D eigenvalue weighted by Crippen LogP contribution is 2.43. The molecule has 2 unspecified atom stereocenters. The van der Waals surface area contributed by atoms with Crippen molar-refractivity contribution in [2.75, 3.05) is 26.4 Å². The van der Waals surface area contributed by atoms with Crippen LogP contribution in [0.25, 0.3) is 0 Å². The van der Waals surface area contributed by atoms with E-state index >= 15 is 0 Å². The molecule has 0 aliphatic carbocycles. The number of phosphoric acid groups is 1. The standard InChI is InChI=1S/C67H130NO8P/c1-3-5-7-9-11-13-15-17-19-21-23-24-25-26-27-28-29-30-31-32-33-34-35-36-37-38-39-40-42-44-46-48-50-52-54-56-58-60-67(70)76-65(64-75-77(71,72)74-62-61-68)63-73-66(69)59-57-55-53-51-49-47-45-43-41-22-20-18-16-14-12-10-8-6-4-2/h15,17,21,23,65H,3-14,16,18-20,22,24-64,68H2,1-2H3,(H,71,72)/b17-15-,23-21-. The average Bonchev–Trinajstić information content (AvgIpc) is 3.42. The molecule has 0 spiro atoms. The summed E-state index contributed by atoms with van der Waals surface area (Å²) in [5, 5.41) is 0. The smallest absolute Gasteiger partial charge is 0.462 e. The molecule has 0 heterocycles. The van der Waals surface area contributed by atoms with E-state index in [0.29, 0.717) is 6.42 Å². The predicted octanol–water partition coefficient (Wildman–Crippen LogP) is 21.8. The fraction of sp³-hybridized carbons (Fsp3) is 0.910. The molecule has 456 valence electrons. The third kappa shape index (κ3) is 63.5. The van der Waals surface area contributed by atoms with E-state index in [2.05, 4.69) is 38.2 Å². The molecule has 0 aliphatic rings. The molecule has 0 saturated heterocycles. The van der Waals surface area contributed by atoms with Crippen LogP contribution in [0.4, 0.5) is 0 Å². The average molecular weight is 1110 g/mol. The molecule has 0 aromatic rings. The van der Waals surface area contributed by atoms with Gasteiger partial charge in [-0.15, -0.1) is 0 Å². The SMILES string of the molecule is CCCCCCC/C=C\C/C=C\CCCCCCCCCCCCCCCCCCCCCCCCCCCC(=O)OC(COC(=O)CCCCCCCCCCCCCCCCCCCCC)COP(=O)(O)OCCN. The van der Waals surface area contributed by atoms with Crippen molar-refractivity contribution in [3.8, 4) is 0 Å². The van der Waals surface area contributed by atoms with Crippen molar-refractivity contribution in [3.63, 3.8) is 0 Å². The molecule has 10 heteroatoms. The summed E-state index contributed by atoms with van der Waals surface area (Å²) in [6.45, 7) is 3.81. The number of carbonyl (C=O) groups excluding carboxylic acids is 2. The van der Waals surface area contributed by atoms with Gasteiger partial charge >= 0.3 is 19.8 Å². The van der Waals surface area contributed by atoms with Gasteiger partial charge in [-0.25, -0.2) is 4.57 Å². The molecule has 0 radical (unpaired) electrons. The molecule has 0 saturated carbocycles. The van der Waals surface area contributed by atoms with Gasteiger partial charge in [0.25, 0.3) is 0 Å². The number of esters is 2. The van der Waals surface area contributed by atoms with Gasteiger partial charge in [0, 0.05) is 19.4 Å². The number of rotatable bonds is 65. The maximum atomic E-state index is 12.7. The number of allylic oxidation sites excluding steroid dienone is 4. The topological polar surface area (TPSA) is 134 Å². The van der Waals surface area contributed by atoms with Gasteiger partial charge in [0.15, 0.2) is 6.10 Å². The first-order chi connectivity index (χ1) is 37.8. The number of nitrogens with two attached hydrogens (primary N) is 1. The van der Waals surface area contributed by atoms with E-state index in [4.69, 9.17) is 24.3 Å². The Morgan fingerprint density at radius 3 is 0.987 bits per heavy atom. The largest absolute Gasteiger partial charge is 0.472 e. The van der Waals surface area contributed by atoms with Gasteiger partial charge in [-0.3, -0.25) is 18.6 Å². The number of hydrogen-bond donors (Lipinski definition) is 2. The molecule has 77 heavy (non-hydrogen) atoms. The minimum Gasteiger partial charge on any atom is -0.462 e. The second-order valence-corrected chi connectivity index (χ2v) is 24.5. The molecule has 0 aromatic heterocycles. The van der Waals surface area contributed by atoms with Crippen LogP contribution in [0.2, 0.25) is 0 Å². The Kier molecular flexibility index (Phi) is 62.4. The first kappa shape index (κ1) is 75.5. The molecular formula is C67H130NO8P. The summed E-state index contributed by atoms with van der Waals surface area (Å²) < 4.78 is 33.1. The third-order valence-electron chi connectivity index (χ3n) is 15.3. The Hall–Kier alpha value is -1.51. The van der Waals surface area contributed by atoms with E-state index in [9.17, 15) is 19.0 Å². The molecule has 0 amide bonds. The van der Waals surface area contributed by atoms with E-state index in [0.717, 1.165) is 38.5 Å². The third-order valence-corrected chi connectivity index (χ3v) is 16.3. The van der Waals surface area contributed by atoms with E-state index in [1.165, 1.54) is 289 Å². The molecule has 0 bridgehead atoms. The lowest BCUT2D eigenvalue weighted by atomic mass is 10.0. The van der Waals surface area contributed by atoms with Crippen molar-refractivity contribution in [2.24, 2.45) is 5.73 Å². The molecule has 0 rings (SSSR count). The summed E-state index contributed by atoms with van der Waals surface area (Å²) in [5.74, 6) is -0.803. The highest BCUT2D eigenvalue weighted by Gasteiger charge is 2.26. The molecule has 0 fully saturated rings. The zero-order valence-electron chi connectivity index (χ0n) is 51.2. The monoisotopic (exact) mass is 1110 g/mol. The number of hydrogen-bond acceptors (Lipinski definition) is 8. The minimum atomic E-state index is -4.38. The van der Waals surface area contributed by atoms with Gasteiger partial charge in [0.05, 0.1) is 13.2 Å². The van der Waals surface area contributed by atoms with Crippen LogP contribution in [0.5, 0.6) is 0 Å². The van der Waals surface area contributed by atoms with E-state index in [1.54, 1.807) is 0 Å². The maximum Gasteiger partial charge on any atom is 0.472 e. The summed E-state index contributed by atoms with van der Waals surface area (Å²) in [5.41, 5.74) is 5.39. The number of phosphoric ester groups is 1. The molecule has 2 atom stereocenters. The maximum absolute atomic E-state index is 12.7. The molecule has 3 N–H and O–H groups in total. The van der Waals surface area contributed by atoms with Gasteiger partial charge in [0.2, 0.25) is 0 Å². The van der Waals surface area contributed by atoms with Crippen molar-refractivity contribution < 1.29 is 37.6 Å². The Labute approximate surface area is 478 Å². The van der Waals surface area contributed by atoms with Crippen LogP contribution in [0.1, 0.15) is 361 Å². The van der Waals surface area contributed by atoms with Crippen LogP contribution in [-0.4, -0.2) is 49.3 Å². The van der Waals surface area contributed by atoms with Crippen LogP contribution in [0.3, 0.4) is 0 Å². The first-order valence-electron chi connectivity index (χ1n) is 33.8. The van der Waals surface area contributed by atoms with Gasteiger partial charge in [-0.1, -0.05) is 327 Å². The lowest BCUT2D eigenvalue weighted by Gasteiger charge is -2.19. The summed E-state index contributed by atoms with van der Waals surface area (Å²) in [6.07, 6.45) is 77.1. The fourth-order valence-corrected chi connectivity index (χ4v) is 11.1. The highest BCUT2D eigenvalue weighted by molar-refractivity contribution is 7.47. The summed E-state index contributed by atoms with van der Waals surface area (Å²) in [7, 11) is -4.38. The number of unbranched alkanes of at least 4 members (excludes halogenated alkanes) is 48. The van der Waals surface area contributed by atoms with Crippen LogP contribution in [0, 0.1) is 0 Å². The summed E-state index contributed by atoms with van der Waals surface area (Å²) in [4.78, 5) is 35.3. The molecule has 0 aliphatic heterocycles. The van der Waals surface area contributed by atoms with Crippen molar-refractivity contribution in [2.45, 2.75) is 367 Å². The molecule has 0 aromatic carbocycles. The predicted molar refractivity (Wildman–Crippen MR) is 331 cm³/mol.